The molecule has 4 aromatic rings. The summed E-state index contributed by atoms with van der Waals surface area (Å²) in [6.45, 7) is 4.23. The van der Waals surface area contributed by atoms with Gasteiger partial charge in [-0.25, -0.2) is 4.98 Å². The highest BCUT2D eigenvalue weighted by molar-refractivity contribution is 5.93. The van der Waals surface area contributed by atoms with Crippen molar-refractivity contribution in [1.82, 2.24) is 20.4 Å². The molecule has 0 unspecified atom stereocenters. The Morgan fingerprint density at radius 1 is 1.10 bits per heavy atom. The van der Waals surface area contributed by atoms with Crippen molar-refractivity contribution in [2.75, 3.05) is 13.7 Å². The Morgan fingerprint density at radius 3 is 2.77 bits per heavy atom. The summed E-state index contributed by atoms with van der Waals surface area (Å²) in [6.07, 6.45) is 1.32. The number of rotatable bonds is 7. The summed E-state index contributed by atoms with van der Waals surface area (Å²) >= 11 is 0. The van der Waals surface area contributed by atoms with E-state index in [9.17, 15) is 4.79 Å². The molecule has 2 aromatic heterocycles. The van der Waals surface area contributed by atoms with Crippen LogP contribution < -0.4 is 14.8 Å². The Bertz CT molecular complexity index is 1240. The summed E-state index contributed by atoms with van der Waals surface area (Å²) in [5.74, 6) is 0.701. The number of nitrogens with one attached hydrogen (secondary N) is 1. The van der Waals surface area contributed by atoms with Gasteiger partial charge >= 0.3 is 0 Å². The maximum Gasteiger partial charge on any atom is 0.265 e. The quantitative estimate of drug-likeness (QED) is 0.489. The molecule has 158 valence electrons. The van der Waals surface area contributed by atoms with Crippen LogP contribution in [0.4, 0.5) is 0 Å². The molecule has 1 amide bonds. The second-order valence-corrected chi connectivity index (χ2v) is 7.11. The summed E-state index contributed by atoms with van der Waals surface area (Å²) in [5.41, 5.74) is 4.97. The van der Waals surface area contributed by atoms with Crippen LogP contribution in [0.2, 0.25) is 0 Å². The molecule has 0 radical (unpaired) electrons. The molecule has 4 rings (SSSR count). The number of amides is 1. The molecule has 2 aromatic carbocycles. The molecule has 31 heavy (non-hydrogen) atoms. The maximum absolute atomic E-state index is 12.3. The van der Waals surface area contributed by atoms with Crippen LogP contribution in [-0.4, -0.2) is 34.7 Å². The Hall–Kier alpha value is -3.94. The highest BCUT2D eigenvalue weighted by atomic mass is 16.5. The molecular weight excluding hydrogens is 396 g/mol. The standard InChI is InChI=1S/C23H22N4O4/c1-14-7-8-17(9-15(14)2)21-20-22(25-13-26-23(20)31-27-21)30-12-19(28)24-11-16-5-4-6-18(10-16)29-3/h4-10,13H,11-12H2,1-3H3,(H,24,28). The predicted octanol–water partition coefficient (Wildman–Crippen LogP) is 3.61. The van der Waals surface area contributed by atoms with Crippen molar-refractivity contribution in [3.8, 4) is 22.9 Å². The van der Waals surface area contributed by atoms with Crippen molar-refractivity contribution < 1.29 is 18.8 Å². The molecule has 0 aliphatic carbocycles. The third-order valence-corrected chi connectivity index (χ3v) is 4.98. The first kappa shape index (κ1) is 20.3. The molecule has 0 atom stereocenters. The number of aryl methyl sites for hydroxylation is 2. The van der Waals surface area contributed by atoms with Crippen molar-refractivity contribution >= 4 is 17.0 Å². The minimum absolute atomic E-state index is 0.201. The van der Waals surface area contributed by atoms with Crippen LogP contribution in [0.1, 0.15) is 16.7 Å². The van der Waals surface area contributed by atoms with E-state index in [-0.39, 0.29) is 18.4 Å². The number of ether oxygens (including phenoxy) is 2. The Labute approximate surface area is 179 Å². The molecule has 0 fully saturated rings. The average Bonchev–Trinajstić information content (AvgIpc) is 3.23. The highest BCUT2D eigenvalue weighted by Gasteiger charge is 2.19. The van der Waals surface area contributed by atoms with Crippen molar-refractivity contribution in [3.63, 3.8) is 0 Å². The van der Waals surface area contributed by atoms with Gasteiger partial charge in [0.1, 0.15) is 23.2 Å². The zero-order valence-corrected chi connectivity index (χ0v) is 17.5. The van der Waals surface area contributed by atoms with E-state index in [2.05, 4.69) is 20.4 Å². The smallest absolute Gasteiger partial charge is 0.265 e. The van der Waals surface area contributed by atoms with E-state index in [0.717, 1.165) is 22.4 Å². The van der Waals surface area contributed by atoms with Gasteiger partial charge in [0.25, 0.3) is 11.6 Å². The lowest BCUT2D eigenvalue weighted by Gasteiger charge is -2.09. The molecule has 2 heterocycles. The summed E-state index contributed by atoms with van der Waals surface area (Å²) in [5, 5.41) is 7.50. The Morgan fingerprint density at radius 2 is 1.97 bits per heavy atom. The van der Waals surface area contributed by atoms with Crippen LogP contribution in [0.25, 0.3) is 22.4 Å². The summed E-state index contributed by atoms with van der Waals surface area (Å²) in [4.78, 5) is 20.6. The number of aromatic nitrogens is 3. The number of methoxy groups -OCH3 is 1. The second-order valence-electron chi connectivity index (χ2n) is 7.11. The third-order valence-electron chi connectivity index (χ3n) is 4.98. The number of fused-ring (bicyclic) bond motifs is 1. The monoisotopic (exact) mass is 418 g/mol. The van der Waals surface area contributed by atoms with Crippen LogP contribution in [-0.2, 0) is 11.3 Å². The molecule has 8 heteroatoms. The number of hydrogen-bond donors (Lipinski definition) is 1. The number of carbonyl (C=O) groups is 1. The first-order valence-electron chi connectivity index (χ1n) is 9.75. The molecule has 0 aliphatic rings. The lowest BCUT2D eigenvalue weighted by atomic mass is 10.0. The van der Waals surface area contributed by atoms with Crippen LogP contribution in [0, 0.1) is 13.8 Å². The van der Waals surface area contributed by atoms with Crippen molar-refractivity contribution in [2.45, 2.75) is 20.4 Å². The largest absolute Gasteiger partial charge is 0.497 e. The fourth-order valence-electron chi connectivity index (χ4n) is 3.12. The molecule has 0 spiro atoms. The lowest BCUT2D eigenvalue weighted by Crippen LogP contribution is -2.28. The first-order valence-corrected chi connectivity index (χ1v) is 9.75. The highest BCUT2D eigenvalue weighted by Crippen LogP contribution is 2.33. The fourth-order valence-corrected chi connectivity index (χ4v) is 3.12. The van der Waals surface area contributed by atoms with E-state index in [4.69, 9.17) is 14.0 Å². The van der Waals surface area contributed by atoms with Gasteiger partial charge in [-0.1, -0.05) is 29.4 Å². The van der Waals surface area contributed by atoms with E-state index in [1.807, 2.05) is 56.3 Å². The van der Waals surface area contributed by atoms with Gasteiger partial charge in [-0.2, -0.15) is 4.98 Å². The Balaban J connectivity index is 1.48. The molecule has 0 saturated heterocycles. The normalized spacial score (nSPS) is 10.8. The van der Waals surface area contributed by atoms with Gasteiger partial charge in [0.15, 0.2) is 6.61 Å². The second kappa shape index (κ2) is 8.83. The zero-order chi connectivity index (χ0) is 21.8. The zero-order valence-electron chi connectivity index (χ0n) is 17.5. The molecule has 0 aliphatic heterocycles. The number of nitrogens with zero attached hydrogens (tertiary/aromatic N) is 3. The molecule has 1 N–H and O–H groups in total. The molecular formula is C23H22N4O4. The summed E-state index contributed by atoms with van der Waals surface area (Å²) in [7, 11) is 1.60. The van der Waals surface area contributed by atoms with E-state index in [0.29, 0.717) is 23.3 Å². The van der Waals surface area contributed by atoms with Crippen LogP contribution in [0.3, 0.4) is 0 Å². The fraction of sp³-hybridized carbons (Fsp3) is 0.217. The minimum Gasteiger partial charge on any atom is -0.497 e. The Kier molecular flexibility index (Phi) is 5.79. The number of benzene rings is 2. The van der Waals surface area contributed by atoms with Crippen molar-refractivity contribution in [1.29, 1.82) is 0 Å². The molecule has 0 saturated carbocycles. The van der Waals surface area contributed by atoms with E-state index in [1.165, 1.54) is 11.9 Å². The van der Waals surface area contributed by atoms with Crippen molar-refractivity contribution in [3.05, 3.63) is 65.5 Å². The first-order chi connectivity index (χ1) is 15.0. The average molecular weight is 418 g/mol. The summed E-state index contributed by atoms with van der Waals surface area (Å²) < 4.78 is 16.3. The van der Waals surface area contributed by atoms with Gasteiger partial charge in [0, 0.05) is 12.1 Å². The van der Waals surface area contributed by atoms with Gasteiger partial charge in [0.05, 0.1) is 7.11 Å². The van der Waals surface area contributed by atoms with Gasteiger partial charge in [-0.3, -0.25) is 4.79 Å². The van der Waals surface area contributed by atoms with Gasteiger partial charge in [-0.15, -0.1) is 0 Å². The van der Waals surface area contributed by atoms with E-state index in [1.54, 1.807) is 7.11 Å². The van der Waals surface area contributed by atoms with E-state index >= 15 is 0 Å². The SMILES string of the molecule is COc1cccc(CNC(=O)COc2ncnc3onc(-c4ccc(C)c(C)c4)c23)c1. The number of hydrogen-bond acceptors (Lipinski definition) is 7. The van der Waals surface area contributed by atoms with Gasteiger partial charge < -0.3 is 19.3 Å². The molecule has 0 bridgehead atoms. The van der Waals surface area contributed by atoms with Gasteiger partial charge in [-0.05, 0) is 48.7 Å². The van der Waals surface area contributed by atoms with Gasteiger partial charge in [0.2, 0.25) is 5.88 Å². The summed E-state index contributed by atoms with van der Waals surface area (Å²) in [6, 6.07) is 13.5. The molecule has 8 nitrogen and oxygen atoms in total. The van der Waals surface area contributed by atoms with Crippen LogP contribution >= 0.6 is 0 Å². The van der Waals surface area contributed by atoms with E-state index < -0.39 is 0 Å². The maximum atomic E-state index is 12.3. The minimum atomic E-state index is -0.279. The van der Waals surface area contributed by atoms with Crippen molar-refractivity contribution in [2.24, 2.45) is 0 Å². The third kappa shape index (κ3) is 4.48. The van der Waals surface area contributed by atoms with Crippen LogP contribution in [0.15, 0.2) is 53.3 Å². The van der Waals surface area contributed by atoms with Crippen LogP contribution in [0.5, 0.6) is 11.6 Å². The predicted molar refractivity (Wildman–Crippen MR) is 115 cm³/mol. The topological polar surface area (TPSA) is 99.4 Å². The number of carbonyl (C=O) groups excluding carboxylic acids is 1. The lowest BCUT2D eigenvalue weighted by molar-refractivity contribution is -0.123.